The molecule has 0 radical (unpaired) electrons. The van der Waals surface area contributed by atoms with E-state index in [4.69, 9.17) is 10.5 Å². The average molecular weight is 184 g/mol. The molecule has 0 aliphatic heterocycles. The fourth-order valence-corrected chi connectivity index (χ4v) is 0.912. The lowest BCUT2D eigenvalue weighted by Crippen LogP contribution is -1.82. The van der Waals surface area contributed by atoms with Gasteiger partial charge in [0, 0.05) is 5.56 Å². The molecule has 3 heteroatoms. The van der Waals surface area contributed by atoms with Crippen molar-refractivity contribution in [2.24, 2.45) is 0 Å². The van der Waals surface area contributed by atoms with E-state index in [2.05, 4.69) is 11.8 Å². The quantitative estimate of drug-likeness (QED) is 0.578. The number of rotatable bonds is 0. The highest BCUT2D eigenvalue weighted by Gasteiger charge is 1.97. The van der Waals surface area contributed by atoms with Gasteiger partial charge in [0.05, 0.1) is 24.1 Å². The molecule has 0 spiro atoms. The highest BCUT2D eigenvalue weighted by atomic mass is 19.1. The summed E-state index contributed by atoms with van der Waals surface area (Å²) in [7, 11) is 0. The molecule has 2 nitrogen and oxygen atoms in total. The van der Waals surface area contributed by atoms with Gasteiger partial charge < -0.3 is 0 Å². The number of halogens is 1. The fraction of sp³-hybridized carbons (Fsp3) is 0.0909. The van der Waals surface area contributed by atoms with Crippen molar-refractivity contribution in [3.05, 3.63) is 35.1 Å². The summed E-state index contributed by atoms with van der Waals surface area (Å²) in [6, 6.07) is 7.52. The van der Waals surface area contributed by atoms with Gasteiger partial charge >= 0.3 is 0 Å². The van der Waals surface area contributed by atoms with E-state index in [1.807, 2.05) is 12.1 Å². The molecule has 1 aromatic rings. The summed E-state index contributed by atoms with van der Waals surface area (Å²) in [6.45, 7) is 0. The van der Waals surface area contributed by atoms with Crippen LogP contribution in [0.2, 0.25) is 0 Å². The Hall–Kier alpha value is -2.31. The van der Waals surface area contributed by atoms with Crippen LogP contribution in [0.25, 0.3) is 0 Å². The lowest BCUT2D eigenvalue weighted by molar-refractivity contribution is 0.627. The van der Waals surface area contributed by atoms with E-state index in [9.17, 15) is 4.39 Å². The number of benzene rings is 1. The molecule has 0 aliphatic carbocycles. The molecule has 0 heterocycles. The standard InChI is InChI=1S/C11H5FN2/c12-11-6-9(3-1-2-4-13)5-10(7-11)8-14/h5-7H,2H2. The molecule has 0 atom stereocenters. The number of hydrogen-bond donors (Lipinski definition) is 0. The Morgan fingerprint density at radius 3 is 2.50 bits per heavy atom. The van der Waals surface area contributed by atoms with Gasteiger partial charge in [-0.2, -0.15) is 10.5 Å². The molecule has 0 aliphatic rings. The van der Waals surface area contributed by atoms with Crippen molar-refractivity contribution in [3.8, 4) is 24.0 Å². The molecule has 0 saturated carbocycles. The molecule has 1 aromatic carbocycles. The van der Waals surface area contributed by atoms with Crippen molar-refractivity contribution in [1.29, 1.82) is 10.5 Å². The molecular weight excluding hydrogens is 179 g/mol. The largest absolute Gasteiger partial charge is 0.207 e. The molecule has 0 aromatic heterocycles. The molecular formula is C11H5FN2. The predicted octanol–water partition coefficient (Wildman–Crippen LogP) is 1.96. The maximum atomic E-state index is 12.8. The van der Waals surface area contributed by atoms with Gasteiger partial charge in [0.1, 0.15) is 5.82 Å². The van der Waals surface area contributed by atoms with Crippen LogP contribution in [0, 0.1) is 40.3 Å². The number of nitrogens with zero attached hydrogens (tertiary/aromatic N) is 2. The number of nitriles is 2. The van der Waals surface area contributed by atoms with Crippen molar-refractivity contribution in [2.45, 2.75) is 6.42 Å². The molecule has 0 bridgehead atoms. The molecule has 0 fully saturated rings. The van der Waals surface area contributed by atoms with Crippen molar-refractivity contribution in [1.82, 2.24) is 0 Å². The summed E-state index contributed by atoms with van der Waals surface area (Å²) >= 11 is 0. The average Bonchev–Trinajstić information content (AvgIpc) is 2.17. The Bertz CT molecular complexity index is 481. The van der Waals surface area contributed by atoms with Gasteiger partial charge in [0.15, 0.2) is 0 Å². The lowest BCUT2D eigenvalue weighted by atomic mass is 10.1. The van der Waals surface area contributed by atoms with Crippen LogP contribution in [0.5, 0.6) is 0 Å². The predicted molar refractivity (Wildman–Crippen MR) is 48.2 cm³/mol. The minimum Gasteiger partial charge on any atom is -0.207 e. The van der Waals surface area contributed by atoms with Gasteiger partial charge in [-0.3, -0.25) is 0 Å². The first-order valence-electron chi connectivity index (χ1n) is 3.83. The Balaban J connectivity index is 3.02. The van der Waals surface area contributed by atoms with E-state index in [0.29, 0.717) is 5.56 Å². The zero-order valence-electron chi connectivity index (χ0n) is 7.21. The van der Waals surface area contributed by atoms with Crippen LogP contribution in [-0.2, 0) is 0 Å². The maximum Gasteiger partial charge on any atom is 0.125 e. The van der Waals surface area contributed by atoms with Crippen LogP contribution in [-0.4, -0.2) is 0 Å². The van der Waals surface area contributed by atoms with Gasteiger partial charge in [-0.1, -0.05) is 11.8 Å². The third-order valence-corrected chi connectivity index (χ3v) is 1.43. The van der Waals surface area contributed by atoms with E-state index in [1.54, 1.807) is 0 Å². The zero-order valence-corrected chi connectivity index (χ0v) is 7.21. The smallest absolute Gasteiger partial charge is 0.125 e. The van der Waals surface area contributed by atoms with E-state index in [1.165, 1.54) is 12.1 Å². The molecule has 66 valence electrons. The monoisotopic (exact) mass is 184 g/mol. The Morgan fingerprint density at radius 1 is 1.14 bits per heavy atom. The third-order valence-electron chi connectivity index (χ3n) is 1.43. The summed E-state index contributed by atoms with van der Waals surface area (Å²) in [5, 5.41) is 16.8. The van der Waals surface area contributed by atoms with Gasteiger partial charge in [-0.25, -0.2) is 4.39 Å². The highest BCUT2D eigenvalue weighted by molar-refractivity contribution is 5.42. The summed E-state index contributed by atoms with van der Waals surface area (Å²) in [6.07, 6.45) is 0.0956. The minimum absolute atomic E-state index is 0.0956. The van der Waals surface area contributed by atoms with Gasteiger partial charge in [-0.05, 0) is 18.2 Å². The first-order valence-corrected chi connectivity index (χ1v) is 3.83. The second-order valence-electron chi connectivity index (χ2n) is 2.48. The molecule has 14 heavy (non-hydrogen) atoms. The maximum absolute atomic E-state index is 12.8. The van der Waals surface area contributed by atoms with Crippen molar-refractivity contribution in [3.63, 3.8) is 0 Å². The van der Waals surface area contributed by atoms with Gasteiger partial charge in [-0.15, -0.1) is 0 Å². The lowest BCUT2D eigenvalue weighted by Gasteiger charge is -1.92. The van der Waals surface area contributed by atoms with Crippen molar-refractivity contribution < 1.29 is 4.39 Å². The Morgan fingerprint density at radius 2 is 1.86 bits per heavy atom. The van der Waals surface area contributed by atoms with Crippen LogP contribution in [0.3, 0.4) is 0 Å². The Labute approximate surface area is 81.2 Å². The summed E-state index contributed by atoms with van der Waals surface area (Å²) in [5.41, 5.74) is 0.642. The first-order chi connectivity index (χ1) is 6.76. The Kier molecular flexibility index (Phi) is 3.25. The van der Waals surface area contributed by atoms with E-state index in [0.717, 1.165) is 6.07 Å². The van der Waals surface area contributed by atoms with E-state index >= 15 is 0 Å². The van der Waals surface area contributed by atoms with Gasteiger partial charge in [0.2, 0.25) is 0 Å². The second kappa shape index (κ2) is 4.65. The molecule has 0 unspecified atom stereocenters. The van der Waals surface area contributed by atoms with Crippen LogP contribution < -0.4 is 0 Å². The molecule has 0 amide bonds. The third kappa shape index (κ3) is 2.63. The topological polar surface area (TPSA) is 47.6 Å². The summed E-state index contributed by atoms with van der Waals surface area (Å²) < 4.78 is 12.8. The normalized spacial score (nSPS) is 7.93. The van der Waals surface area contributed by atoms with Crippen LogP contribution in [0.4, 0.5) is 4.39 Å². The summed E-state index contributed by atoms with van der Waals surface area (Å²) in [4.78, 5) is 0. The van der Waals surface area contributed by atoms with Crippen molar-refractivity contribution in [2.75, 3.05) is 0 Å². The van der Waals surface area contributed by atoms with Crippen LogP contribution in [0.1, 0.15) is 17.5 Å². The SMILES string of the molecule is N#CCC#Cc1cc(F)cc(C#N)c1. The van der Waals surface area contributed by atoms with Crippen LogP contribution >= 0.6 is 0 Å². The van der Waals surface area contributed by atoms with E-state index in [-0.39, 0.29) is 12.0 Å². The molecule has 1 rings (SSSR count). The number of hydrogen-bond acceptors (Lipinski definition) is 2. The first kappa shape index (κ1) is 9.78. The fourth-order valence-electron chi connectivity index (χ4n) is 0.912. The van der Waals surface area contributed by atoms with Crippen LogP contribution in [0.15, 0.2) is 18.2 Å². The molecule has 0 saturated heterocycles. The highest BCUT2D eigenvalue weighted by Crippen LogP contribution is 2.07. The summed E-state index contributed by atoms with van der Waals surface area (Å²) in [5.74, 6) is 4.65. The second-order valence-corrected chi connectivity index (χ2v) is 2.48. The zero-order chi connectivity index (χ0) is 10.4. The van der Waals surface area contributed by atoms with Gasteiger partial charge in [0.25, 0.3) is 0 Å². The van der Waals surface area contributed by atoms with Crippen molar-refractivity contribution >= 4 is 0 Å². The van der Waals surface area contributed by atoms with E-state index < -0.39 is 5.82 Å². The molecule has 0 N–H and O–H groups in total. The minimum atomic E-state index is -0.495.